The zero-order valence-electron chi connectivity index (χ0n) is 14.1. The third kappa shape index (κ3) is 5.34. The quantitative estimate of drug-likeness (QED) is 0.855. The SMILES string of the molecule is Cc1cc(C)cc(Nc2ncc(C(=O)NCCN(C)C)cn2)c1. The van der Waals surface area contributed by atoms with Gasteiger partial charge in [0.25, 0.3) is 5.91 Å². The molecule has 0 aliphatic rings. The van der Waals surface area contributed by atoms with Crippen LogP contribution < -0.4 is 10.6 Å². The Balaban J connectivity index is 1.97. The maximum absolute atomic E-state index is 12.0. The summed E-state index contributed by atoms with van der Waals surface area (Å²) in [5.41, 5.74) is 3.73. The number of nitrogens with one attached hydrogen (secondary N) is 2. The normalized spacial score (nSPS) is 10.7. The van der Waals surface area contributed by atoms with Crippen molar-refractivity contribution in [3.8, 4) is 0 Å². The van der Waals surface area contributed by atoms with Crippen molar-refractivity contribution in [1.29, 1.82) is 0 Å². The average molecular weight is 313 g/mol. The summed E-state index contributed by atoms with van der Waals surface area (Å²) in [6.07, 6.45) is 3.06. The summed E-state index contributed by atoms with van der Waals surface area (Å²) < 4.78 is 0. The number of benzene rings is 1. The number of hydrogen-bond acceptors (Lipinski definition) is 5. The van der Waals surface area contributed by atoms with Gasteiger partial charge in [0.05, 0.1) is 5.56 Å². The monoisotopic (exact) mass is 313 g/mol. The maximum Gasteiger partial charge on any atom is 0.254 e. The first-order chi connectivity index (χ1) is 10.9. The Morgan fingerprint density at radius 1 is 1.09 bits per heavy atom. The van der Waals surface area contributed by atoms with Gasteiger partial charge in [0.15, 0.2) is 0 Å². The molecule has 1 heterocycles. The van der Waals surface area contributed by atoms with E-state index in [-0.39, 0.29) is 5.91 Å². The van der Waals surface area contributed by atoms with Crippen LogP contribution in [0.15, 0.2) is 30.6 Å². The molecule has 0 spiro atoms. The Bertz CT molecular complexity index is 647. The lowest BCUT2D eigenvalue weighted by Crippen LogP contribution is -2.31. The van der Waals surface area contributed by atoms with Crippen molar-refractivity contribution in [1.82, 2.24) is 20.2 Å². The van der Waals surface area contributed by atoms with E-state index in [0.717, 1.165) is 12.2 Å². The minimum absolute atomic E-state index is 0.162. The van der Waals surface area contributed by atoms with Crippen molar-refractivity contribution in [2.75, 3.05) is 32.5 Å². The molecule has 0 atom stereocenters. The zero-order chi connectivity index (χ0) is 16.8. The zero-order valence-corrected chi connectivity index (χ0v) is 14.1. The predicted octanol–water partition coefficient (Wildman–Crippen LogP) is 2.13. The van der Waals surface area contributed by atoms with E-state index < -0.39 is 0 Å². The van der Waals surface area contributed by atoms with Crippen LogP contribution in [0.25, 0.3) is 0 Å². The topological polar surface area (TPSA) is 70.2 Å². The molecule has 0 unspecified atom stereocenters. The van der Waals surface area contributed by atoms with Crippen molar-refractivity contribution in [3.63, 3.8) is 0 Å². The van der Waals surface area contributed by atoms with Gasteiger partial charge in [0.2, 0.25) is 5.95 Å². The molecule has 1 aromatic carbocycles. The van der Waals surface area contributed by atoms with Gasteiger partial charge in [-0.1, -0.05) is 6.07 Å². The van der Waals surface area contributed by atoms with Crippen LogP contribution in [0.4, 0.5) is 11.6 Å². The first kappa shape index (κ1) is 16.9. The minimum atomic E-state index is -0.162. The van der Waals surface area contributed by atoms with Crippen molar-refractivity contribution >= 4 is 17.5 Å². The fourth-order valence-electron chi connectivity index (χ4n) is 2.18. The molecule has 2 N–H and O–H groups in total. The summed E-state index contributed by atoms with van der Waals surface area (Å²) in [6, 6.07) is 6.16. The molecule has 0 fully saturated rings. The van der Waals surface area contributed by atoms with Gasteiger partial charge in [-0.05, 0) is 51.2 Å². The van der Waals surface area contributed by atoms with Gasteiger partial charge in [-0.2, -0.15) is 0 Å². The molecule has 1 amide bonds. The van der Waals surface area contributed by atoms with Crippen molar-refractivity contribution in [2.24, 2.45) is 0 Å². The summed E-state index contributed by atoms with van der Waals surface area (Å²) in [7, 11) is 3.92. The van der Waals surface area contributed by atoms with Gasteiger partial charge in [-0.25, -0.2) is 9.97 Å². The number of amides is 1. The van der Waals surface area contributed by atoms with Crippen molar-refractivity contribution in [2.45, 2.75) is 13.8 Å². The highest BCUT2D eigenvalue weighted by atomic mass is 16.1. The van der Waals surface area contributed by atoms with Gasteiger partial charge in [0.1, 0.15) is 0 Å². The van der Waals surface area contributed by atoms with Gasteiger partial charge >= 0.3 is 0 Å². The van der Waals surface area contributed by atoms with E-state index in [0.29, 0.717) is 18.1 Å². The second-order valence-electron chi connectivity index (χ2n) is 5.86. The van der Waals surface area contributed by atoms with Crippen LogP contribution in [0.3, 0.4) is 0 Å². The molecule has 2 aromatic rings. The molecule has 6 heteroatoms. The van der Waals surface area contributed by atoms with Gasteiger partial charge in [-0.3, -0.25) is 4.79 Å². The third-order valence-corrected chi connectivity index (χ3v) is 3.24. The summed E-state index contributed by atoms with van der Waals surface area (Å²) in [4.78, 5) is 22.4. The van der Waals surface area contributed by atoms with Crippen LogP contribution in [0.1, 0.15) is 21.5 Å². The van der Waals surface area contributed by atoms with E-state index in [1.807, 2.05) is 45.0 Å². The third-order valence-electron chi connectivity index (χ3n) is 3.24. The largest absolute Gasteiger partial charge is 0.351 e. The molecule has 0 aliphatic heterocycles. The number of aromatic nitrogens is 2. The molecule has 0 bridgehead atoms. The predicted molar refractivity (Wildman–Crippen MR) is 92.1 cm³/mol. The highest BCUT2D eigenvalue weighted by Gasteiger charge is 2.07. The lowest BCUT2D eigenvalue weighted by molar-refractivity contribution is 0.0950. The highest BCUT2D eigenvalue weighted by molar-refractivity contribution is 5.93. The Kier molecular flexibility index (Phi) is 5.65. The first-order valence-electron chi connectivity index (χ1n) is 7.54. The second kappa shape index (κ2) is 7.69. The molecule has 122 valence electrons. The minimum Gasteiger partial charge on any atom is -0.351 e. The molecule has 6 nitrogen and oxygen atoms in total. The molecular weight excluding hydrogens is 290 g/mol. The molecule has 0 saturated carbocycles. The van der Waals surface area contributed by atoms with E-state index in [4.69, 9.17) is 0 Å². The summed E-state index contributed by atoms with van der Waals surface area (Å²) in [5, 5.41) is 5.98. The Labute approximate surface area is 137 Å². The van der Waals surface area contributed by atoms with Crippen LogP contribution in [0.2, 0.25) is 0 Å². The van der Waals surface area contributed by atoms with Crippen LogP contribution in [-0.4, -0.2) is 48.0 Å². The summed E-state index contributed by atoms with van der Waals surface area (Å²) in [6.45, 7) is 5.47. The van der Waals surface area contributed by atoms with Gasteiger partial charge in [-0.15, -0.1) is 0 Å². The number of likely N-dealkylation sites (N-methyl/N-ethyl adjacent to an activating group) is 1. The number of nitrogens with zero attached hydrogens (tertiary/aromatic N) is 3. The molecular formula is C17H23N5O. The van der Waals surface area contributed by atoms with E-state index in [1.54, 1.807) is 0 Å². The maximum atomic E-state index is 12.0. The summed E-state index contributed by atoms with van der Waals surface area (Å²) >= 11 is 0. The first-order valence-corrected chi connectivity index (χ1v) is 7.54. The van der Waals surface area contributed by atoms with Gasteiger partial charge < -0.3 is 15.5 Å². The van der Waals surface area contributed by atoms with E-state index in [9.17, 15) is 4.79 Å². The molecule has 23 heavy (non-hydrogen) atoms. The Hall–Kier alpha value is -2.47. The lowest BCUT2D eigenvalue weighted by Gasteiger charge is -2.10. The number of aryl methyl sites for hydroxylation is 2. The number of carbonyl (C=O) groups excluding carboxylic acids is 1. The van der Waals surface area contributed by atoms with Gasteiger partial charge in [0, 0.05) is 31.2 Å². The molecule has 2 rings (SSSR count). The molecule has 0 radical (unpaired) electrons. The van der Waals surface area contributed by atoms with E-state index in [1.165, 1.54) is 23.5 Å². The smallest absolute Gasteiger partial charge is 0.254 e. The average Bonchev–Trinajstić information content (AvgIpc) is 2.46. The summed E-state index contributed by atoms with van der Waals surface area (Å²) in [5.74, 6) is 0.310. The number of rotatable bonds is 6. The number of carbonyl (C=O) groups is 1. The van der Waals surface area contributed by atoms with Crippen LogP contribution >= 0.6 is 0 Å². The lowest BCUT2D eigenvalue weighted by atomic mass is 10.1. The van der Waals surface area contributed by atoms with Crippen LogP contribution in [0.5, 0.6) is 0 Å². The van der Waals surface area contributed by atoms with Crippen LogP contribution in [-0.2, 0) is 0 Å². The molecule has 1 aromatic heterocycles. The molecule has 0 aliphatic carbocycles. The fourth-order valence-corrected chi connectivity index (χ4v) is 2.18. The van der Waals surface area contributed by atoms with Crippen LogP contribution in [0, 0.1) is 13.8 Å². The fraction of sp³-hybridized carbons (Fsp3) is 0.353. The Morgan fingerprint density at radius 2 is 1.70 bits per heavy atom. The highest BCUT2D eigenvalue weighted by Crippen LogP contribution is 2.16. The van der Waals surface area contributed by atoms with Crippen molar-refractivity contribution < 1.29 is 4.79 Å². The van der Waals surface area contributed by atoms with Crippen molar-refractivity contribution in [3.05, 3.63) is 47.3 Å². The van der Waals surface area contributed by atoms with E-state index >= 15 is 0 Å². The number of hydrogen-bond donors (Lipinski definition) is 2. The van der Waals surface area contributed by atoms with E-state index in [2.05, 4.69) is 26.7 Å². The number of anilines is 2. The molecule has 0 saturated heterocycles. The second-order valence-corrected chi connectivity index (χ2v) is 5.86. The standard InChI is InChI=1S/C17H23N5O/c1-12-7-13(2)9-15(8-12)21-17-19-10-14(11-20-17)16(23)18-5-6-22(3)4/h7-11H,5-6H2,1-4H3,(H,18,23)(H,19,20,21). The Morgan fingerprint density at radius 3 is 2.26 bits per heavy atom.